The standard InChI is InChI=1S/C16H20O/c1-3-4-5-10-17-16-9-8-14-11-13(2)6-7-15(14)12-16/h6-9,11-12H,3-5,10H2,1-2H3. The van der Waals surface area contributed by atoms with Crippen molar-refractivity contribution in [2.24, 2.45) is 0 Å². The quantitative estimate of drug-likeness (QED) is 0.673. The fourth-order valence-corrected chi connectivity index (χ4v) is 1.98. The molecule has 0 aliphatic carbocycles. The average molecular weight is 228 g/mol. The van der Waals surface area contributed by atoms with Crippen LogP contribution in [0.25, 0.3) is 10.8 Å². The highest BCUT2D eigenvalue weighted by Crippen LogP contribution is 2.22. The van der Waals surface area contributed by atoms with E-state index in [1.165, 1.54) is 29.2 Å². The Labute approximate surface area is 103 Å². The number of hydrogen-bond donors (Lipinski definition) is 0. The van der Waals surface area contributed by atoms with E-state index in [1.54, 1.807) is 0 Å². The second kappa shape index (κ2) is 5.72. The molecular formula is C16H20O. The van der Waals surface area contributed by atoms with Crippen molar-refractivity contribution >= 4 is 10.8 Å². The highest BCUT2D eigenvalue weighted by molar-refractivity contribution is 5.84. The molecule has 1 heteroatoms. The molecule has 0 N–H and O–H groups in total. The molecule has 0 bridgehead atoms. The molecule has 0 amide bonds. The molecule has 0 atom stereocenters. The summed E-state index contributed by atoms with van der Waals surface area (Å²) in [5, 5.41) is 2.54. The predicted molar refractivity (Wildman–Crippen MR) is 73.7 cm³/mol. The molecule has 0 saturated heterocycles. The normalized spacial score (nSPS) is 10.7. The van der Waals surface area contributed by atoms with Gasteiger partial charge in [-0.2, -0.15) is 0 Å². The van der Waals surface area contributed by atoms with Gasteiger partial charge in [-0.1, -0.05) is 49.6 Å². The van der Waals surface area contributed by atoms with Crippen LogP contribution in [-0.4, -0.2) is 6.61 Å². The summed E-state index contributed by atoms with van der Waals surface area (Å²) in [5.74, 6) is 0.984. The average Bonchev–Trinajstić information content (AvgIpc) is 2.35. The van der Waals surface area contributed by atoms with E-state index in [1.807, 2.05) is 0 Å². The van der Waals surface area contributed by atoms with Crippen molar-refractivity contribution in [3.63, 3.8) is 0 Å². The Balaban J connectivity index is 2.07. The first-order valence-electron chi connectivity index (χ1n) is 6.43. The summed E-state index contributed by atoms with van der Waals surface area (Å²) < 4.78 is 5.75. The Bertz CT molecular complexity index is 488. The Morgan fingerprint density at radius 1 is 0.941 bits per heavy atom. The molecular weight excluding hydrogens is 208 g/mol. The van der Waals surface area contributed by atoms with Gasteiger partial charge in [0.1, 0.15) is 5.75 Å². The van der Waals surface area contributed by atoms with Gasteiger partial charge in [0.05, 0.1) is 6.61 Å². The van der Waals surface area contributed by atoms with E-state index < -0.39 is 0 Å². The molecule has 1 nitrogen and oxygen atoms in total. The molecule has 2 rings (SSSR count). The van der Waals surface area contributed by atoms with E-state index in [0.717, 1.165) is 18.8 Å². The molecule has 0 saturated carbocycles. The lowest BCUT2D eigenvalue weighted by Crippen LogP contribution is -1.96. The lowest BCUT2D eigenvalue weighted by Gasteiger charge is -2.07. The first kappa shape index (κ1) is 12.0. The number of fused-ring (bicyclic) bond motifs is 1. The fraction of sp³-hybridized carbons (Fsp3) is 0.375. The zero-order valence-electron chi connectivity index (χ0n) is 10.7. The number of aryl methyl sites for hydroxylation is 1. The molecule has 2 aromatic rings. The number of unbranched alkanes of at least 4 members (excludes halogenated alkanes) is 2. The van der Waals surface area contributed by atoms with Gasteiger partial charge in [0.15, 0.2) is 0 Å². The second-order valence-electron chi connectivity index (χ2n) is 4.57. The largest absolute Gasteiger partial charge is 0.494 e. The van der Waals surface area contributed by atoms with E-state index in [9.17, 15) is 0 Å². The minimum absolute atomic E-state index is 0.825. The Morgan fingerprint density at radius 3 is 2.53 bits per heavy atom. The topological polar surface area (TPSA) is 9.23 Å². The van der Waals surface area contributed by atoms with E-state index in [4.69, 9.17) is 4.74 Å². The van der Waals surface area contributed by atoms with Gasteiger partial charge in [-0.05, 0) is 36.2 Å². The van der Waals surface area contributed by atoms with Crippen molar-refractivity contribution in [1.82, 2.24) is 0 Å². The molecule has 17 heavy (non-hydrogen) atoms. The van der Waals surface area contributed by atoms with Crippen LogP contribution in [0.5, 0.6) is 5.75 Å². The summed E-state index contributed by atoms with van der Waals surface area (Å²) in [4.78, 5) is 0. The summed E-state index contributed by atoms with van der Waals surface area (Å²) in [6, 6.07) is 12.8. The van der Waals surface area contributed by atoms with E-state index in [-0.39, 0.29) is 0 Å². The molecule has 0 aliphatic heterocycles. The van der Waals surface area contributed by atoms with Gasteiger partial charge in [-0.25, -0.2) is 0 Å². The molecule has 0 unspecified atom stereocenters. The summed E-state index contributed by atoms with van der Waals surface area (Å²) >= 11 is 0. The van der Waals surface area contributed by atoms with Crippen molar-refractivity contribution in [2.75, 3.05) is 6.61 Å². The highest BCUT2D eigenvalue weighted by atomic mass is 16.5. The van der Waals surface area contributed by atoms with Crippen molar-refractivity contribution in [2.45, 2.75) is 33.1 Å². The maximum absolute atomic E-state index is 5.75. The van der Waals surface area contributed by atoms with Crippen LogP contribution in [0.15, 0.2) is 36.4 Å². The van der Waals surface area contributed by atoms with Crippen molar-refractivity contribution in [3.8, 4) is 5.75 Å². The molecule has 0 fully saturated rings. The maximum Gasteiger partial charge on any atom is 0.119 e. The van der Waals surface area contributed by atoms with Crippen LogP contribution in [0.2, 0.25) is 0 Å². The van der Waals surface area contributed by atoms with E-state index in [2.05, 4.69) is 50.2 Å². The molecule has 0 spiro atoms. The van der Waals surface area contributed by atoms with E-state index in [0.29, 0.717) is 0 Å². The zero-order chi connectivity index (χ0) is 12.1. The number of benzene rings is 2. The van der Waals surface area contributed by atoms with Crippen LogP contribution in [0.4, 0.5) is 0 Å². The lowest BCUT2D eigenvalue weighted by molar-refractivity contribution is 0.306. The number of ether oxygens (including phenoxy) is 1. The SMILES string of the molecule is CCCCCOc1ccc2cc(C)ccc2c1. The smallest absolute Gasteiger partial charge is 0.119 e. The number of hydrogen-bond acceptors (Lipinski definition) is 1. The first-order valence-corrected chi connectivity index (χ1v) is 6.43. The van der Waals surface area contributed by atoms with Crippen molar-refractivity contribution < 1.29 is 4.74 Å². The predicted octanol–water partition coefficient (Wildman–Crippen LogP) is 4.72. The zero-order valence-corrected chi connectivity index (χ0v) is 10.7. The number of rotatable bonds is 5. The second-order valence-corrected chi connectivity index (χ2v) is 4.57. The van der Waals surface area contributed by atoms with Gasteiger partial charge in [-0.15, -0.1) is 0 Å². The third kappa shape index (κ3) is 3.23. The highest BCUT2D eigenvalue weighted by Gasteiger charge is 1.98. The van der Waals surface area contributed by atoms with Crippen LogP contribution >= 0.6 is 0 Å². The van der Waals surface area contributed by atoms with Crippen LogP contribution in [0.1, 0.15) is 31.7 Å². The minimum atomic E-state index is 0.825. The Hall–Kier alpha value is -1.50. The summed E-state index contributed by atoms with van der Waals surface area (Å²) in [5.41, 5.74) is 1.30. The Morgan fingerprint density at radius 2 is 1.71 bits per heavy atom. The van der Waals surface area contributed by atoms with Crippen LogP contribution < -0.4 is 4.74 Å². The molecule has 2 aromatic carbocycles. The molecule has 0 aromatic heterocycles. The van der Waals surface area contributed by atoms with Gasteiger partial charge in [0.25, 0.3) is 0 Å². The Kier molecular flexibility index (Phi) is 4.03. The van der Waals surface area contributed by atoms with Gasteiger partial charge in [0.2, 0.25) is 0 Å². The lowest BCUT2D eigenvalue weighted by atomic mass is 10.1. The van der Waals surface area contributed by atoms with E-state index >= 15 is 0 Å². The van der Waals surface area contributed by atoms with Gasteiger partial charge >= 0.3 is 0 Å². The van der Waals surface area contributed by atoms with Gasteiger partial charge in [-0.3, -0.25) is 0 Å². The van der Waals surface area contributed by atoms with Crippen molar-refractivity contribution in [1.29, 1.82) is 0 Å². The van der Waals surface area contributed by atoms with Crippen LogP contribution in [-0.2, 0) is 0 Å². The molecule has 0 radical (unpaired) electrons. The molecule has 0 heterocycles. The first-order chi connectivity index (χ1) is 8.29. The summed E-state index contributed by atoms with van der Waals surface area (Å²) in [6.45, 7) is 5.15. The van der Waals surface area contributed by atoms with Crippen LogP contribution in [0, 0.1) is 6.92 Å². The molecule has 0 aliphatic rings. The third-order valence-electron chi connectivity index (χ3n) is 2.98. The van der Waals surface area contributed by atoms with Crippen LogP contribution in [0.3, 0.4) is 0 Å². The fourth-order valence-electron chi connectivity index (χ4n) is 1.98. The third-order valence-corrected chi connectivity index (χ3v) is 2.98. The van der Waals surface area contributed by atoms with Gasteiger partial charge < -0.3 is 4.74 Å². The van der Waals surface area contributed by atoms with Crippen molar-refractivity contribution in [3.05, 3.63) is 42.0 Å². The summed E-state index contributed by atoms with van der Waals surface area (Å²) in [6.07, 6.45) is 3.62. The van der Waals surface area contributed by atoms with Gasteiger partial charge in [0, 0.05) is 0 Å². The molecule has 90 valence electrons. The minimum Gasteiger partial charge on any atom is -0.494 e. The monoisotopic (exact) mass is 228 g/mol. The maximum atomic E-state index is 5.75. The summed E-state index contributed by atoms with van der Waals surface area (Å²) in [7, 11) is 0.